The molecule has 0 aliphatic heterocycles. The molecule has 140 valence electrons. The molecule has 2 rings (SSSR count). The van der Waals surface area contributed by atoms with Crippen molar-refractivity contribution in [3.8, 4) is 11.5 Å². The van der Waals surface area contributed by atoms with Gasteiger partial charge in [-0.15, -0.1) is 0 Å². The van der Waals surface area contributed by atoms with Crippen LogP contribution in [0.5, 0.6) is 11.5 Å². The summed E-state index contributed by atoms with van der Waals surface area (Å²) in [6.45, 7) is 1.95. The van der Waals surface area contributed by atoms with E-state index in [9.17, 15) is 8.78 Å². The number of thiocarbonyl (C=S) groups is 1. The Morgan fingerprint density at radius 1 is 1.08 bits per heavy atom. The molecule has 4 nitrogen and oxygen atoms in total. The van der Waals surface area contributed by atoms with Gasteiger partial charge >= 0.3 is 0 Å². The highest BCUT2D eigenvalue weighted by molar-refractivity contribution is 7.99. The van der Waals surface area contributed by atoms with Gasteiger partial charge < -0.3 is 20.1 Å². The molecule has 0 saturated heterocycles. The van der Waals surface area contributed by atoms with Gasteiger partial charge in [0.05, 0.1) is 20.3 Å². The van der Waals surface area contributed by atoms with E-state index in [2.05, 4.69) is 10.6 Å². The van der Waals surface area contributed by atoms with Crippen LogP contribution in [0.1, 0.15) is 18.5 Å². The van der Waals surface area contributed by atoms with Crippen LogP contribution in [0.2, 0.25) is 0 Å². The van der Waals surface area contributed by atoms with E-state index in [1.165, 1.54) is 0 Å². The molecule has 1 atom stereocenters. The van der Waals surface area contributed by atoms with Crippen molar-refractivity contribution in [3.63, 3.8) is 0 Å². The van der Waals surface area contributed by atoms with Crippen molar-refractivity contribution >= 4 is 34.8 Å². The van der Waals surface area contributed by atoms with Crippen LogP contribution in [0.4, 0.5) is 14.5 Å². The van der Waals surface area contributed by atoms with Gasteiger partial charge in [0.1, 0.15) is 11.5 Å². The van der Waals surface area contributed by atoms with Crippen molar-refractivity contribution in [2.24, 2.45) is 0 Å². The minimum atomic E-state index is -2.43. The van der Waals surface area contributed by atoms with Crippen LogP contribution in [0.3, 0.4) is 0 Å². The molecule has 26 heavy (non-hydrogen) atoms. The molecule has 2 aromatic carbocycles. The SMILES string of the molecule is COc1ccc(OC)c([C@H](C)NC(=S)Nc2ccc(SC(F)F)cc2)c1. The van der Waals surface area contributed by atoms with E-state index < -0.39 is 5.76 Å². The lowest BCUT2D eigenvalue weighted by Crippen LogP contribution is -2.31. The first-order valence-electron chi connectivity index (χ1n) is 7.77. The minimum Gasteiger partial charge on any atom is -0.497 e. The van der Waals surface area contributed by atoms with Crippen molar-refractivity contribution in [1.29, 1.82) is 0 Å². The van der Waals surface area contributed by atoms with Crippen molar-refractivity contribution in [3.05, 3.63) is 48.0 Å². The largest absolute Gasteiger partial charge is 0.497 e. The van der Waals surface area contributed by atoms with Crippen LogP contribution in [-0.2, 0) is 0 Å². The van der Waals surface area contributed by atoms with Gasteiger partial charge in [0.2, 0.25) is 0 Å². The fraction of sp³-hybridized carbons (Fsp3) is 0.278. The Bertz CT molecular complexity index is 742. The van der Waals surface area contributed by atoms with Gasteiger partial charge in [-0.05, 0) is 61.6 Å². The highest BCUT2D eigenvalue weighted by Gasteiger charge is 2.14. The zero-order valence-corrected chi connectivity index (χ0v) is 16.2. The molecule has 0 aromatic heterocycles. The first kappa shape index (κ1) is 20.3. The number of ether oxygens (including phenoxy) is 2. The molecule has 0 amide bonds. The van der Waals surface area contributed by atoms with E-state index in [4.69, 9.17) is 21.7 Å². The van der Waals surface area contributed by atoms with E-state index >= 15 is 0 Å². The summed E-state index contributed by atoms with van der Waals surface area (Å²) in [6.07, 6.45) is 0. The number of thioether (sulfide) groups is 1. The Hall–Kier alpha value is -2.06. The van der Waals surface area contributed by atoms with E-state index in [-0.39, 0.29) is 6.04 Å². The lowest BCUT2D eigenvalue weighted by molar-refractivity contribution is 0.252. The summed E-state index contributed by atoms with van der Waals surface area (Å²) in [7, 11) is 3.21. The van der Waals surface area contributed by atoms with Crippen LogP contribution in [-0.4, -0.2) is 25.1 Å². The normalized spacial score (nSPS) is 11.8. The van der Waals surface area contributed by atoms with Gasteiger partial charge in [-0.3, -0.25) is 0 Å². The monoisotopic (exact) mass is 398 g/mol. The molecule has 2 N–H and O–H groups in total. The highest BCUT2D eigenvalue weighted by Crippen LogP contribution is 2.29. The summed E-state index contributed by atoms with van der Waals surface area (Å²) in [5.74, 6) is -0.988. The van der Waals surface area contributed by atoms with E-state index in [0.29, 0.717) is 27.5 Å². The third-order valence-electron chi connectivity index (χ3n) is 3.59. The fourth-order valence-corrected chi connectivity index (χ4v) is 3.13. The fourth-order valence-electron chi connectivity index (χ4n) is 2.34. The third-order valence-corrected chi connectivity index (χ3v) is 4.53. The van der Waals surface area contributed by atoms with Crippen LogP contribution < -0.4 is 20.1 Å². The minimum absolute atomic E-state index is 0.131. The predicted molar refractivity (Wildman–Crippen MR) is 106 cm³/mol. The molecule has 0 heterocycles. The number of nitrogens with one attached hydrogen (secondary N) is 2. The summed E-state index contributed by atoms with van der Waals surface area (Å²) in [5.41, 5.74) is 1.62. The second kappa shape index (κ2) is 9.59. The number of anilines is 1. The second-order valence-electron chi connectivity index (χ2n) is 5.33. The van der Waals surface area contributed by atoms with Crippen molar-refractivity contribution in [2.45, 2.75) is 23.6 Å². The smallest absolute Gasteiger partial charge is 0.288 e. The number of halogens is 2. The Labute approximate surface area is 161 Å². The van der Waals surface area contributed by atoms with Gasteiger partial charge in [0, 0.05) is 16.1 Å². The van der Waals surface area contributed by atoms with Crippen molar-refractivity contribution < 1.29 is 18.3 Å². The molecular weight excluding hydrogens is 378 g/mol. The Kier molecular flexibility index (Phi) is 7.47. The standard InChI is InChI=1S/C18H20F2N2O2S2/c1-11(15-10-13(23-2)6-9-16(15)24-3)21-18(25)22-12-4-7-14(8-5-12)26-17(19)20/h4-11,17H,1-3H3,(H2,21,22,25)/t11-/m0/s1. The number of hydrogen-bond donors (Lipinski definition) is 2. The summed E-state index contributed by atoms with van der Waals surface area (Å²) in [5, 5.41) is 6.63. The quantitative estimate of drug-likeness (QED) is 0.502. The molecule has 0 fully saturated rings. The zero-order chi connectivity index (χ0) is 19.1. The Morgan fingerprint density at radius 3 is 2.35 bits per heavy atom. The highest BCUT2D eigenvalue weighted by atomic mass is 32.2. The summed E-state index contributed by atoms with van der Waals surface area (Å²) < 4.78 is 35.3. The van der Waals surface area contributed by atoms with Crippen molar-refractivity contribution in [2.75, 3.05) is 19.5 Å². The topological polar surface area (TPSA) is 42.5 Å². The predicted octanol–water partition coefficient (Wildman–Crippen LogP) is 5.07. The molecule has 0 bridgehead atoms. The van der Waals surface area contributed by atoms with Gasteiger partial charge in [-0.1, -0.05) is 11.8 Å². The van der Waals surface area contributed by atoms with Crippen LogP contribution >= 0.6 is 24.0 Å². The van der Waals surface area contributed by atoms with Crippen LogP contribution in [0.25, 0.3) is 0 Å². The lowest BCUT2D eigenvalue weighted by atomic mass is 10.1. The summed E-state index contributed by atoms with van der Waals surface area (Å²) >= 11 is 5.84. The molecule has 0 aliphatic rings. The molecule has 8 heteroatoms. The van der Waals surface area contributed by atoms with Crippen LogP contribution in [0, 0.1) is 0 Å². The maximum absolute atomic E-state index is 12.3. The maximum atomic E-state index is 12.3. The van der Waals surface area contributed by atoms with Gasteiger partial charge in [0.25, 0.3) is 5.76 Å². The van der Waals surface area contributed by atoms with Crippen molar-refractivity contribution in [1.82, 2.24) is 5.32 Å². The van der Waals surface area contributed by atoms with E-state index in [1.807, 2.05) is 25.1 Å². The Balaban J connectivity index is 2.01. The molecule has 2 aromatic rings. The molecule has 0 saturated carbocycles. The number of rotatable bonds is 7. The third kappa shape index (κ3) is 5.74. The molecule has 0 spiro atoms. The average molecular weight is 399 g/mol. The second-order valence-corrected chi connectivity index (χ2v) is 6.80. The van der Waals surface area contributed by atoms with Crippen LogP contribution in [0.15, 0.2) is 47.4 Å². The van der Waals surface area contributed by atoms with E-state index in [1.54, 1.807) is 38.5 Å². The summed E-state index contributed by atoms with van der Waals surface area (Å²) in [6, 6.07) is 12.1. The maximum Gasteiger partial charge on any atom is 0.288 e. The first-order valence-corrected chi connectivity index (χ1v) is 9.06. The van der Waals surface area contributed by atoms with Gasteiger partial charge in [0.15, 0.2) is 5.11 Å². The first-order chi connectivity index (χ1) is 12.4. The molecular formula is C18H20F2N2O2S2. The lowest BCUT2D eigenvalue weighted by Gasteiger charge is -2.20. The van der Waals surface area contributed by atoms with Gasteiger partial charge in [-0.2, -0.15) is 8.78 Å². The number of benzene rings is 2. The van der Waals surface area contributed by atoms with Gasteiger partial charge in [-0.25, -0.2) is 0 Å². The zero-order valence-electron chi connectivity index (χ0n) is 14.6. The molecule has 0 unspecified atom stereocenters. The number of alkyl halides is 2. The summed E-state index contributed by atoms with van der Waals surface area (Å²) in [4.78, 5) is 0.499. The number of hydrogen-bond acceptors (Lipinski definition) is 4. The Morgan fingerprint density at radius 2 is 1.77 bits per heavy atom. The van der Waals surface area contributed by atoms with E-state index in [0.717, 1.165) is 17.1 Å². The number of methoxy groups -OCH3 is 2. The molecule has 0 radical (unpaired) electrons. The average Bonchev–Trinajstić information content (AvgIpc) is 2.62. The molecule has 0 aliphatic carbocycles.